The van der Waals surface area contributed by atoms with Gasteiger partial charge in [-0.3, -0.25) is 14.4 Å². The highest BCUT2D eigenvalue weighted by Gasteiger charge is 2.09. The molecule has 1 amide bonds. The minimum absolute atomic E-state index is 0.105. The third-order valence-electron chi connectivity index (χ3n) is 2.66. The zero-order valence-corrected chi connectivity index (χ0v) is 12.7. The molecule has 1 heterocycles. The van der Waals surface area contributed by atoms with Crippen molar-refractivity contribution in [2.75, 3.05) is 12.8 Å². The van der Waals surface area contributed by atoms with Gasteiger partial charge in [-0.05, 0) is 19.1 Å². The summed E-state index contributed by atoms with van der Waals surface area (Å²) in [6.07, 6.45) is 4.03. The maximum absolute atomic E-state index is 11.9. The largest absolute Gasteiger partial charge is 0.481 e. The summed E-state index contributed by atoms with van der Waals surface area (Å²) in [6, 6.07) is 1.17. The van der Waals surface area contributed by atoms with Crippen LogP contribution < -0.4 is 10.9 Å². The number of carboxylic acid groups (broad SMARTS) is 1. The van der Waals surface area contributed by atoms with Crippen LogP contribution >= 0.6 is 11.8 Å². The quantitative estimate of drug-likeness (QED) is 0.587. The number of hydrogen-bond donors (Lipinski definition) is 3. The summed E-state index contributed by atoms with van der Waals surface area (Å²) in [4.78, 5) is 40.3. The third kappa shape index (κ3) is 6.94. The number of aromatic amines is 1. The van der Waals surface area contributed by atoms with E-state index in [2.05, 4.69) is 15.3 Å². The van der Waals surface area contributed by atoms with Crippen molar-refractivity contribution in [3.8, 4) is 0 Å². The number of carbonyl (C=O) groups is 2. The molecule has 0 fully saturated rings. The zero-order valence-electron chi connectivity index (χ0n) is 11.8. The van der Waals surface area contributed by atoms with E-state index in [1.807, 2.05) is 6.26 Å². The van der Waals surface area contributed by atoms with E-state index in [1.165, 1.54) is 17.8 Å². The Morgan fingerprint density at radius 3 is 2.81 bits per heavy atom. The van der Waals surface area contributed by atoms with Crippen molar-refractivity contribution in [1.82, 2.24) is 15.3 Å². The van der Waals surface area contributed by atoms with Crippen molar-refractivity contribution in [1.29, 1.82) is 0 Å². The first-order valence-corrected chi connectivity index (χ1v) is 8.01. The molecule has 0 radical (unpaired) electrons. The Hall–Kier alpha value is -1.83. The van der Waals surface area contributed by atoms with Crippen LogP contribution in [0.1, 0.15) is 42.0 Å². The number of thioether (sulfide) groups is 1. The minimum Gasteiger partial charge on any atom is -0.481 e. The van der Waals surface area contributed by atoms with Gasteiger partial charge in [0.25, 0.3) is 11.5 Å². The van der Waals surface area contributed by atoms with Crippen LogP contribution in [0.2, 0.25) is 0 Å². The lowest BCUT2D eigenvalue weighted by Gasteiger charge is -2.05. The van der Waals surface area contributed by atoms with Crippen molar-refractivity contribution in [3.63, 3.8) is 0 Å². The SMILES string of the molecule is CSCc1nc(C(=O)NCCCCCC(=O)O)cc(=O)[nH]1. The fourth-order valence-corrected chi connectivity index (χ4v) is 2.11. The molecule has 0 saturated heterocycles. The van der Waals surface area contributed by atoms with Gasteiger partial charge in [-0.2, -0.15) is 11.8 Å². The second kappa shape index (κ2) is 9.17. The molecule has 1 rings (SSSR count). The standard InChI is InChI=1S/C13H19N3O4S/c1-21-8-10-15-9(7-11(17)16-10)13(20)14-6-4-2-3-5-12(18)19/h7H,2-6,8H2,1H3,(H,14,20)(H,18,19)(H,15,16,17). The highest BCUT2D eigenvalue weighted by atomic mass is 32.2. The Morgan fingerprint density at radius 2 is 2.14 bits per heavy atom. The van der Waals surface area contributed by atoms with Gasteiger partial charge in [0.1, 0.15) is 11.5 Å². The molecule has 0 aromatic carbocycles. The Kier molecular flexibility index (Phi) is 7.52. The molecule has 0 unspecified atom stereocenters. The number of carboxylic acids is 1. The first-order valence-electron chi connectivity index (χ1n) is 6.62. The lowest BCUT2D eigenvalue weighted by molar-refractivity contribution is -0.137. The molecule has 0 bridgehead atoms. The van der Waals surface area contributed by atoms with Crippen molar-refractivity contribution in [2.45, 2.75) is 31.4 Å². The maximum atomic E-state index is 11.9. The second-order valence-corrected chi connectivity index (χ2v) is 5.34. The van der Waals surface area contributed by atoms with Crippen LogP contribution in [0, 0.1) is 0 Å². The van der Waals surface area contributed by atoms with Crippen LogP contribution in [0.15, 0.2) is 10.9 Å². The first-order chi connectivity index (χ1) is 10.0. The number of rotatable bonds is 9. The van der Waals surface area contributed by atoms with Crippen LogP contribution in [0.5, 0.6) is 0 Å². The van der Waals surface area contributed by atoms with Gasteiger partial charge in [-0.1, -0.05) is 6.42 Å². The van der Waals surface area contributed by atoms with Gasteiger partial charge in [0.2, 0.25) is 0 Å². The molecule has 7 nitrogen and oxygen atoms in total. The van der Waals surface area contributed by atoms with E-state index in [4.69, 9.17) is 5.11 Å². The summed E-state index contributed by atoms with van der Waals surface area (Å²) in [5.74, 6) is -0.192. The Labute approximate surface area is 126 Å². The fraction of sp³-hybridized carbons (Fsp3) is 0.538. The summed E-state index contributed by atoms with van der Waals surface area (Å²) < 4.78 is 0. The molecule has 3 N–H and O–H groups in total. The number of hydrogen-bond acceptors (Lipinski definition) is 5. The monoisotopic (exact) mass is 313 g/mol. The van der Waals surface area contributed by atoms with Gasteiger partial charge in [0.15, 0.2) is 0 Å². The number of aromatic nitrogens is 2. The van der Waals surface area contributed by atoms with Crippen molar-refractivity contribution in [2.24, 2.45) is 0 Å². The molecule has 0 aliphatic rings. The van der Waals surface area contributed by atoms with Gasteiger partial charge in [0, 0.05) is 19.0 Å². The molecule has 0 atom stereocenters. The van der Waals surface area contributed by atoms with Crippen LogP contribution in [-0.4, -0.2) is 39.8 Å². The molecule has 0 aliphatic heterocycles. The van der Waals surface area contributed by atoms with Crippen molar-refractivity contribution in [3.05, 3.63) is 27.9 Å². The van der Waals surface area contributed by atoms with E-state index < -0.39 is 5.97 Å². The molecule has 116 valence electrons. The topological polar surface area (TPSA) is 112 Å². The molecule has 1 aromatic heterocycles. The van der Waals surface area contributed by atoms with E-state index in [0.29, 0.717) is 31.0 Å². The maximum Gasteiger partial charge on any atom is 0.303 e. The smallest absolute Gasteiger partial charge is 0.303 e. The van der Waals surface area contributed by atoms with Gasteiger partial charge in [-0.25, -0.2) is 4.98 Å². The molecule has 0 spiro atoms. The minimum atomic E-state index is -0.812. The van der Waals surface area contributed by atoms with E-state index in [0.717, 1.165) is 6.42 Å². The van der Waals surface area contributed by atoms with Crippen LogP contribution in [0.25, 0.3) is 0 Å². The summed E-state index contributed by atoms with van der Waals surface area (Å²) in [5.41, 5.74) is -0.242. The molecular formula is C13H19N3O4S. The van der Waals surface area contributed by atoms with Gasteiger partial charge in [-0.15, -0.1) is 0 Å². The van der Waals surface area contributed by atoms with E-state index in [-0.39, 0.29) is 23.6 Å². The van der Waals surface area contributed by atoms with Gasteiger partial charge >= 0.3 is 5.97 Å². The van der Waals surface area contributed by atoms with E-state index in [9.17, 15) is 14.4 Å². The lowest BCUT2D eigenvalue weighted by Crippen LogP contribution is -2.27. The Bertz CT molecular complexity index is 544. The summed E-state index contributed by atoms with van der Waals surface area (Å²) in [6.45, 7) is 0.435. The molecule has 1 aromatic rings. The summed E-state index contributed by atoms with van der Waals surface area (Å²) >= 11 is 1.50. The Morgan fingerprint density at radius 1 is 1.38 bits per heavy atom. The summed E-state index contributed by atoms with van der Waals surface area (Å²) in [5, 5.41) is 11.2. The molecule has 8 heteroatoms. The molecular weight excluding hydrogens is 294 g/mol. The van der Waals surface area contributed by atoms with Crippen molar-refractivity contribution < 1.29 is 14.7 Å². The highest BCUT2D eigenvalue weighted by molar-refractivity contribution is 7.97. The van der Waals surface area contributed by atoms with E-state index >= 15 is 0 Å². The molecule has 21 heavy (non-hydrogen) atoms. The normalized spacial score (nSPS) is 10.3. The van der Waals surface area contributed by atoms with Crippen LogP contribution in [0.4, 0.5) is 0 Å². The van der Waals surface area contributed by atoms with Gasteiger partial charge in [0.05, 0.1) is 5.75 Å². The number of unbranched alkanes of at least 4 members (excludes halogenated alkanes) is 2. The lowest BCUT2D eigenvalue weighted by atomic mass is 10.2. The predicted molar refractivity (Wildman–Crippen MR) is 80.5 cm³/mol. The van der Waals surface area contributed by atoms with Gasteiger partial charge < -0.3 is 15.4 Å². The van der Waals surface area contributed by atoms with Crippen molar-refractivity contribution >= 4 is 23.6 Å². The number of H-pyrrole nitrogens is 1. The molecule has 0 saturated carbocycles. The van der Waals surface area contributed by atoms with Crippen LogP contribution in [-0.2, 0) is 10.5 Å². The first kappa shape index (κ1) is 17.2. The average molecular weight is 313 g/mol. The third-order valence-corrected chi connectivity index (χ3v) is 3.22. The fourth-order valence-electron chi connectivity index (χ4n) is 1.70. The summed E-state index contributed by atoms with van der Waals surface area (Å²) in [7, 11) is 0. The number of aliphatic carboxylic acids is 1. The second-order valence-electron chi connectivity index (χ2n) is 4.47. The number of carbonyl (C=O) groups excluding carboxylic acids is 1. The number of nitrogens with zero attached hydrogens (tertiary/aromatic N) is 1. The van der Waals surface area contributed by atoms with E-state index in [1.54, 1.807) is 0 Å². The zero-order chi connectivity index (χ0) is 15.7. The highest BCUT2D eigenvalue weighted by Crippen LogP contribution is 2.03. The van der Waals surface area contributed by atoms with Crippen LogP contribution in [0.3, 0.4) is 0 Å². The average Bonchev–Trinajstić information content (AvgIpc) is 2.41. The molecule has 0 aliphatic carbocycles. The Balaban J connectivity index is 2.41. The number of amides is 1. The predicted octanol–water partition coefficient (Wildman–Crippen LogP) is 1.01. The number of nitrogens with one attached hydrogen (secondary N) is 2.